The number of amides is 1. The predicted molar refractivity (Wildman–Crippen MR) is 108 cm³/mol. The average Bonchev–Trinajstić information content (AvgIpc) is 2.61. The van der Waals surface area contributed by atoms with E-state index >= 15 is 0 Å². The molecule has 2 rings (SSSR count). The number of carbonyl (C=O) groups is 1. The maximum atomic E-state index is 12.6. The van der Waals surface area contributed by atoms with E-state index in [1.54, 1.807) is 19.1 Å². The van der Waals surface area contributed by atoms with Crippen LogP contribution in [-0.4, -0.2) is 64.8 Å². The standard InChI is InChI=1S/C18H28ClN3O4S/c1-14(18(23)20-9-12-21-10-5-4-6-11-21)22(27(3,24)25)15-7-8-17(26-2)16(19)13-15/h7-8,13-14H,4-6,9-12H2,1-3H3,(H,20,23)/t14-/m0/s1. The van der Waals surface area contributed by atoms with Crippen molar-refractivity contribution in [2.75, 3.05) is 43.8 Å². The lowest BCUT2D eigenvalue weighted by atomic mass is 10.1. The fraction of sp³-hybridized carbons (Fsp3) is 0.611. The number of halogens is 1. The zero-order chi connectivity index (χ0) is 20.0. The number of nitrogens with zero attached hydrogens (tertiary/aromatic N) is 2. The topological polar surface area (TPSA) is 79.0 Å². The summed E-state index contributed by atoms with van der Waals surface area (Å²) in [7, 11) is -2.20. The smallest absolute Gasteiger partial charge is 0.243 e. The normalized spacial score (nSPS) is 16.6. The molecule has 1 atom stereocenters. The van der Waals surface area contributed by atoms with E-state index in [0.717, 1.165) is 30.2 Å². The zero-order valence-electron chi connectivity index (χ0n) is 16.1. The molecule has 0 aliphatic carbocycles. The number of anilines is 1. The summed E-state index contributed by atoms with van der Waals surface area (Å²) in [6.45, 7) is 4.92. The van der Waals surface area contributed by atoms with Gasteiger partial charge >= 0.3 is 0 Å². The Labute approximate surface area is 166 Å². The highest BCUT2D eigenvalue weighted by Gasteiger charge is 2.29. The van der Waals surface area contributed by atoms with Gasteiger partial charge in [-0.2, -0.15) is 0 Å². The SMILES string of the molecule is COc1ccc(N([C@@H](C)C(=O)NCCN2CCCCC2)S(C)(=O)=O)cc1Cl. The number of hydrogen-bond acceptors (Lipinski definition) is 5. The van der Waals surface area contributed by atoms with Crippen molar-refractivity contribution >= 4 is 33.2 Å². The van der Waals surface area contributed by atoms with Crippen molar-refractivity contribution in [1.29, 1.82) is 0 Å². The van der Waals surface area contributed by atoms with Gasteiger partial charge in [0.2, 0.25) is 15.9 Å². The van der Waals surface area contributed by atoms with Crippen LogP contribution in [0.3, 0.4) is 0 Å². The van der Waals surface area contributed by atoms with E-state index in [2.05, 4.69) is 10.2 Å². The zero-order valence-corrected chi connectivity index (χ0v) is 17.6. The molecule has 0 radical (unpaired) electrons. The van der Waals surface area contributed by atoms with Gasteiger partial charge < -0.3 is 15.0 Å². The van der Waals surface area contributed by atoms with Gasteiger partial charge in [-0.15, -0.1) is 0 Å². The molecule has 1 fully saturated rings. The number of likely N-dealkylation sites (tertiary alicyclic amines) is 1. The van der Waals surface area contributed by atoms with Crippen LogP contribution in [0.5, 0.6) is 5.75 Å². The second-order valence-electron chi connectivity index (χ2n) is 6.75. The molecule has 7 nitrogen and oxygen atoms in total. The summed E-state index contributed by atoms with van der Waals surface area (Å²) in [6, 6.07) is 3.74. The summed E-state index contributed by atoms with van der Waals surface area (Å²) >= 11 is 6.12. The third kappa shape index (κ3) is 5.99. The molecule has 1 aliphatic heterocycles. The third-order valence-corrected chi connectivity index (χ3v) is 6.19. The number of sulfonamides is 1. The van der Waals surface area contributed by atoms with E-state index in [9.17, 15) is 13.2 Å². The van der Waals surface area contributed by atoms with Gasteiger partial charge in [0.15, 0.2) is 0 Å². The van der Waals surface area contributed by atoms with Gasteiger partial charge in [-0.3, -0.25) is 9.10 Å². The Bertz CT molecular complexity index is 751. The Morgan fingerprint density at radius 1 is 1.33 bits per heavy atom. The molecule has 0 spiro atoms. The van der Waals surface area contributed by atoms with Crippen LogP contribution in [-0.2, 0) is 14.8 Å². The van der Waals surface area contributed by atoms with Gasteiger partial charge in [0.25, 0.3) is 0 Å². The molecule has 152 valence electrons. The van der Waals surface area contributed by atoms with Crippen molar-refractivity contribution in [2.24, 2.45) is 0 Å². The number of hydrogen-bond donors (Lipinski definition) is 1. The maximum absolute atomic E-state index is 12.6. The average molecular weight is 418 g/mol. The summed E-state index contributed by atoms with van der Waals surface area (Å²) < 4.78 is 30.8. The lowest BCUT2D eigenvalue weighted by Gasteiger charge is -2.29. The molecule has 9 heteroatoms. The number of nitrogens with one attached hydrogen (secondary N) is 1. The van der Waals surface area contributed by atoms with Crippen molar-refractivity contribution < 1.29 is 17.9 Å². The highest BCUT2D eigenvalue weighted by Crippen LogP contribution is 2.31. The van der Waals surface area contributed by atoms with E-state index in [0.29, 0.717) is 18.0 Å². The maximum Gasteiger partial charge on any atom is 0.243 e. The van der Waals surface area contributed by atoms with E-state index in [4.69, 9.17) is 16.3 Å². The summed E-state index contributed by atoms with van der Waals surface area (Å²) in [4.78, 5) is 14.9. The molecule has 1 heterocycles. The Kier molecular flexibility index (Phi) is 7.76. The number of methoxy groups -OCH3 is 1. The van der Waals surface area contributed by atoms with Crippen molar-refractivity contribution in [3.05, 3.63) is 23.2 Å². The first-order chi connectivity index (χ1) is 12.7. The molecule has 1 aromatic rings. The predicted octanol–water partition coefficient (Wildman–Crippen LogP) is 2.11. The molecule has 27 heavy (non-hydrogen) atoms. The van der Waals surface area contributed by atoms with Gasteiger partial charge in [0.1, 0.15) is 11.8 Å². The van der Waals surface area contributed by atoms with Crippen LogP contribution in [0.15, 0.2) is 18.2 Å². The van der Waals surface area contributed by atoms with Crippen LogP contribution >= 0.6 is 11.6 Å². The minimum absolute atomic E-state index is 0.279. The monoisotopic (exact) mass is 417 g/mol. The van der Waals surface area contributed by atoms with Crippen molar-refractivity contribution in [3.63, 3.8) is 0 Å². The molecule has 0 aromatic heterocycles. The number of ether oxygens (including phenoxy) is 1. The quantitative estimate of drug-likeness (QED) is 0.700. The first-order valence-corrected chi connectivity index (χ1v) is 11.3. The Balaban J connectivity index is 2.06. The second kappa shape index (κ2) is 9.61. The highest BCUT2D eigenvalue weighted by atomic mass is 35.5. The van der Waals surface area contributed by atoms with Gasteiger partial charge in [-0.25, -0.2) is 8.42 Å². The lowest BCUT2D eigenvalue weighted by molar-refractivity contribution is -0.121. The highest BCUT2D eigenvalue weighted by molar-refractivity contribution is 7.92. The minimum Gasteiger partial charge on any atom is -0.495 e. The van der Waals surface area contributed by atoms with Gasteiger partial charge in [-0.1, -0.05) is 18.0 Å². The van der Waals surface area contributed by atoms with Crippen LogP contribution in [0.1, 0.15) is 26.2 Å². The number of benzene rings is 1. The summed E-state index contributed by atoms with van der Waals surface area (Å²) in [6.07, 6.45) is 4.70. The van der Waals surface area contributed by atoms with Crippen LogP contribution in [0.4, 0.5) is 5.69 Å². The van der Waals surface area contributed by atoms with E-state index in [1.165, 1.54) is 32.4 Å². The Hall–Kier alpha value is -1.51. The van der Waals surface area contributed by atoms with Crippen LogP contribution in [0.2, 0.25) is 5.02 Å². The summed E-state index contributed by atoms with van der Waals surface area (Å²) in [5.74, 6) is 0.0943. The second-order valence-corrected chi connectivity index (χ2v) is 9.01. The molecule has 1 aliphatic rings. The van der Waals surface area contributed by atoms with Crippen LogP contribution < -0.4 is 14.4 Å². The van der Waals surface area contributed by atoms with Crippen LogP contribution in [0, 0.1) is 0 Å². The van der Waals surface area contributed by atoms with Gasteiger partial charge in [0, 0.05) is 13.1 Å². The molecule has 0 unspecified atom stereocenters. The first kappa shape index (κ1) is 21.8. The Morgan fingerprint density at radius 3 is 2.56 bits per heavy atom. The molecule has 0 saturated carbocycles. The summed E-state index contributed by atoms with van der Waals surface area (Å²) in [5.41, 5.74) is 0.321. The van der Waals surface area contributed by atoms with E-state index in [-0.39, 0.29) is 10.9 Å². The molecule has 1 saturated heterocycles. The summed E-state index contributed by atoms with van der Waals surface area (Å²) in [5, 5.41) is 3.12. The molecular weight excluding hydrogens is 390 g/mol. The number of carbonyl (C=O) groups excluding carboxylic acids is 1. The largest absolute Gasteiger partial charge is 0.495 e. The lowest BCUT2D eigenvalue weighted by Crippen LogP contribution is -2.49. The van der Waals surface area contributed by atoms with E-state index < -0.39 is 16.1 Å². The van der Waals surface area contributed by atoms with Gasteiger partial charge in [-0.05, 0) is 51.1 Å². The first-order valence-electron chi connectivity index (χ1n) is 9.07. The molecule has 1 aromatic carbocycles. The fourth-order valence-electron chi connectivity index (χ4n) is 3.27. The molecule has 1 amide bonds. The van der Waals surface area contributed by atoms with Crippen LogP contribution in [0.25, 0.3) is 0 Å². The Morgan fingerprint density at radius 2 is 2.00 bits per heavy atom. The van der Waals surface area contributed by atoms with Gasteiger partial charge in [0.05, 0.1) is 24.1 Å². The fourth-order valence-corrected chi connectivity index (χ4v) is 4.69. The molecular formula is C18H28ClN3O4S. The third-order valence-electron chi connectivity index (χ3n) is 4.65. The molecule has 1 N–H and O–H groups in total. The number of rotatable bonds is 8. The number of piperidine rings is 1. The van der Waals surface area contributed by atoms with E-state index in [1.807, 2.05) is 0 Å². The minimum atomic E-state index is -3.68. The van der Waals surface area contributed by atoms with Crippen molar-refractivity contribution in [2.45, 2.75) is 32.2 Å². The van der Waals surface area contributed by atoms with Crippen molar-refractivity contribution in [1.82, 2.24) is 10.2 Å². The van der Waals surface area contributed by atoms with Crippen molar-refractivity contribution in [3.8, 4) is 5.75 Å². The molecule has 0 bridgehead atoms.